The minimum Gasteiger partial charge on any atom is -0.385 e. The summed E-state index contributed by atoms with van der Waals surface area (Å²) in [7, 11) is -4.65. The van der Waals surface area contributed by atoms with Gasteiger partial charge in [0.05, 0.1) is 4.90 Å². The molecule has 0 aliphatic carbocycles. The summed E-state index contributed by atoms with van der Waals surface area (Å²) < 4.78 is 38.7. The fourth-order valence-corrected chi connectivity index (χ4v) is 4.10. The van der Waals surface area contributed by atoms with Gasteiger partial charge in [0.1, 0.15) is 0 Å². The van der Waals surface area contributed by atoms with Crippen LogP contribution in [0.3, 0.4) is 0 Å². The lowest BCUT2D eigenvalue weighted by atomic mass is 10.1. The Labute approximate surface area is 130 Å². The molecule has 21 heavy (non-hydrogen) atoms. The van der Waals surface area contributed by atoms with Crippen LogP contribution >= 0.6 is 0 Å². The highest BCUT2D eigenvalue weighted by Gasteiger charge is 2.21. The Morgan fingerprint density at radius 3 is 2.19 bits per heavy atom. The van der Waals surface area contributed by atoms with Crippen LogP contribution in [0.15, 0.2) is 17.0 Å². The summed E-state index contributed by atoms with van der Waals surface area (Å²) in [6.45, 7) is 8.26. The van der Waals surface area contributed by atoms with E-state index in [-0.39, 0.29) is 11.8 Å². The summed E-state index contributed by atoms with van der Waals surface area (Å²) in [5, 5.41) is 2.96. The quantitative estimate of drug-likeness (QED) is 0.798. The standard InChI is InChI=1S/C14H24N2O3S2/c1-6-15-13-7-10(2)14(11(3)8-13)21(18,19)16-9-12(4)20(5)17/h7-8,12,15-16H,6,9H2,1-5H3. The summed E-state index contributed by atoms with van der Waals surface area (Å²) >= 11 is 0. The Kier molecular flexibility index (Phi) is 6.37. The molecule has 7 heteroatoms. The van der Waals surface area contributed by atoms with Gasteiger partial charge in [-0.15, -0.1) is 0 Å². The number of hydrogen-bond acceptors (Lipinski definition) is 4. The Morgan fingerprint density at radius 1 is 1.24 bits per heavy atom. The van der Waals surface area contributed by atoms with Gasteiger partial charge in [-0.2, -0.15) is 0 Å². The van der Waals surface area contributed by atoms with Gasteiger partial charge in [-0.25, -0.2) is 13.1 Å². The van der Waals surface area contributed by atoms with Gasteiger partial charge in [0.2, 0.25) is 10.0 Å². The molecule has 0 radical (unpaired) electrons. The third kappa shape index (κ3) is 4.79. The van der Waals surface area contributed by atoms with Crippen LogP contribution in [-0.2, 0) is 20.8 Å². The number of nitrogens with one attached hydrogen (secondary N) is 2. The van der Waals surface area contributed by atoms with Crippen molar-refractivity contribution in [2.75, 3.05) is 24.7 Å². The summed E-state index contributed by atoms with van der Waals surface area (Å²) in [5.74, 6) is 0. The van der Waals surface area contributed by atoms with E-state index in [1.54, 1.807) is 27.0 Å². The number of aryl methyl sites for hydroxylation is 2. The average molecular weight is 332 g/mol. The van der Waals surface area contributed by atoms with Crippen LogP contribution in [0.2, 0.25) is 0 Å². The van der Waals surface area contributed by atoms with E-state index in [2.05, 4.69) is 10.0 Å². The molecule has 1 rings (SSSR count). The molecule has 0 heterocycles. The van der Waals surface area contributed by atoms with Crippen LogP contribution in [0.1, 0.15) is 25.0 Å². The molecule has 0 amide bonds. The number of benzene rings is 1. The number of sulfonamides is 1. The second kappa shape index (κ2) is 7.38. The molecular formula is C14H24N2O3S2. The molecule has 1 aromatic rings. The highest BCUT2D eigenvalue weighted by Crippen LogP contribution is 2.24. The van der Waals surface area contributed by atoms with Gasteiger partial charge in [0.25, 0.3) is 0 Å². The van der Waals surface area contributed by atoms with Gasteiger partial charge in [0.15, 0.2) is 0 Å². The van der Waals surface area contributed by atoms with E-state index in [0.717, 1.165) is 12.2 Å². The summed E-state index contributed by atoms with van der Waals surface area (Å²) in [6.07, 6.45) is 1.57. The van der Waals surface area contributed by atoms with Crippen molar-refractivity contribution in [3.63, 3.8) is 0 Å². The third-order valence-electron chi connectivity index (χ3n) is 3.24. The fourth-order valence-electron chi connectivity index (χ4n) is 2.10. The highest BCUT2D eigenvalue weighted by molar-refractivity contribution is 7.89. The molecule has 0 bridgehead atoms. The monoisotopic (exact) mass is 332 g/mol. The molecule has 0 saturated carbocycles. The van der Waals surface area contributed by atoms with E-state index in [9.17, 15) is 12.6 Å². The normalized spacial score (nSPS) is 14.7. The fraction of sp³-hybridized carbons (Fsp3) is 0.571. The smallest absolute Gasteiger partial charge is 0.241 e. The van der Waals surface area contributed by atoms with Crippen LogP contribution in [0.4, 0.5) is 5.69 Å². The summed E-state index contributed by atoms with van der Waals surface area (Å²) in [6, 6.07) is 3.65. The number of hydrogen-bond donors (Lipinski definition) is 2. The zero-order chi connectivity index (χ0) is 16.2. The molecule has 120 valence electrons. The average Bonchev–Trinajstić information content (AvgIpc) is 2.35. The van der Waals surface area contributed by atoms with Crippen LogP contribution in [0.25, 0.3) is 0 Å². The Hall–Kier alpha value is -0.920. The zero-order valence-electron chi connectivity index (χ0n) is 13.2. The van der Waals surface area contributed by atoms with Crippen molar-refractivity contribution in [3.8, 4) is 0 Å². The molecule has 0 aliphatic rings. The second-order valence-corrected chi connectivity index (χ2v) is 8.64. The lowest BCUT2D eigenvalue weighted by molar-refractivity contribution is 0.579. The first-order valence-electron chi connectivity index (χ1n) is 6.86. The van der Waals surface area contributed by atoms with E-state index in [4.69, 9.17) is 0 Å². The lowest BCUT2D eigenvalue weighted by Gasteiger charge is -2.16. The first-order chi connectivity index (χ1) is 9.69. The number of rotatable bonds is 7. The van der Waals surface area contributed by atoms with E-state index in [1.807, 2.05) is 19.1 Å². The van der Waals surface area contributed by atoms with Gasteiger partial charge >= 0.3 is 0 Å². The van der Waals surface area contributed by atoms with Crippen LogP contribution in [0, 0.1) is 13.8 Å². The van der Waals surface area contributed by atoms with Crippen molar-refractivity contribution in [1.82, 2.24) is 4.72 Å². The molecule has 0 aliphatic heterocycles. The molecule has 5 nitrogen and oxygen atoms in total. The molecule has 1 aromatic carbocycles. The highest BCUT2D eigenvalue weighted by atomic mass is 32.2. The molecule has 2 atom stereocenters. The van der Waals surface area contributed by atoms with Crippen LogP contribution in [-0.4, -0.2) is 37.2 Å². The largest absolute Gasteiger partial charge is 0.385 e. The Bertz CT molecular complexity index is 604. The van der Waals surface area contributed by atoms with E-state index in [1.165, 1.54) is 0 Å². The Morgan fingerprint density at radius 2 is 1.76 bits per heavy atom. The Balaban J connectivity index is 3.06. The third-order valence-corrected chi connectivity index (χ3v) is 6.27. The number of anilines is 1. The van der Waals surface area contributed by atoms with Crippen molar-refractivity contribution in [1.29, 1.82) is 0 Å². The maximum Gasteiger partial charge on any atom is 0.241 e. The summed E-state index contributed by atoms with van der Waals surface area (Å²) in [4.78, 5) is 0.304. The van der Waals surface area contributed by atoms with E-state index < -0.39 is 20.8 Å². The van der Waals surface area contributed by atoms with Crippen molar-refractivity contribution in [2.45, 2.75) is 37.8 Å². The predicted octanol–water partition coefficient (Wildman–Crippen LogP) is 1.78. The van der Waals surface area contributed by atoms with Crippen molar-refractivity contribution >= 4 is 26.5 Å². The van der Waals surface area contributed by atoms with Gasteiger partial charge in [0, 0.05) is 41.1 Å². The van der Waals surface area contributed by atoms with Gasteiger partial charge in [-0.05, 0) is 51.0 Å². The maximum absolute atomic E-state index is 12.4. The minimum absolute atomic E-state index is 0.166. The van der Waals surface area contributed by atoms with Crippen LogP contribution < -0.4 is 10.0 Å². The van der Waals surface area contributed by atoms with Crippen molar-refractivity contribution < 1.29 is 12.6 Å². The van der Waals surface area contributed by atoms with Gasteiger partial charge in [-0.1, -0.05) is 0 Å². The SMILES string of the molecule is CCNc1cc(C)c(S(=O)(=O)NCC(C)S(C)=O)c(C)c1. The van der Waals surface area contributed by atoms with Gasteiger partial charge in [-0.3, -0.25) is 4.21 Å². The van der Waals surface area contributed by atoms with Gasteiger partial charge < -0.3 is 5.32 Å². The molecule has 0 fully saturated rings. The van der Waals surface area contributed by atoms with Crippen molar-refractivity contribution in [3.05, 3.63) is 23.3 Å². The summed E-state index contributed by atoms with van der Waals surface area (Å²) in [5.41, 5.74) is 2.31. The van der Waals surface area contributed by atoms with Crippen LogP contribution in [0.5, 0.6) is 0 Å². The van der Waals surface area contributed by atoms with E-state index in [0.29, 0.717) is 16.0 Å². The topological polar surface area (TPSA) is 75.3 Å². The second-order valence-electron chi connectivity index (χ2n) is 5.13. The molecule has 0 spiro atoms. The molecule has 0 aromatic heterocycles. The molecule has 2 N–H and O–H groups in total. The first kappa shape index (κ1) is 18.1. The van der Waals surface area contributed by atoms with Crippen molar-refractivity contribution in [2.24, 2.45) is 0 Å². The zero-order valence-corrected chi connectivity index (χ0v) is 14.8. The molecule has 2 unspecified atom stereocenters. The lowest BCUT2D eigenvalue weighted by Crippen LogP contribution is -2.33. The predicted molar refractivity (Wildman–Crippen MR) is 88.8 cm³/mol. The molecule has 0 saturated heterocycles. The maximum atomic E-state index is 12.4. The molecular weight excluding hydrogens is 308 g/mol. The minimum atomic E-state index is -3.59. The first-order valence-corrected chi connectivity index (χ1v) is 9.96. The van der Waals surface area contributed by atoms with E-state index >= 15 is 0 Å².